The Labute approximate surface area is 250 Å². The molecule has 2 heterocycles. The number of aryl methyl sites for hydroxylation is 1. The van der Waals surface area contributed by atoms with E-state index in [9.17, 15) is 19.5 Å². The van der Waals surface area contributed by atoms with Crippen LogP contribution in [0.2, 0.25) is 0 Å². The van der Waals surface area contributed by atoms with E-state index in [0.717, 1.165) is 23.1 Å². The van der Waals surface area contributed by atoms with Crippen LogP contribution in [0, 0.1) is 19.7 Å². The Hall–Kier alpha value is -4.24. The van der Waals surface area contributed by atoms with E-state index in [1.807, 2.05) is 13.0 Å². The van der Waals surface area contributed by atoms with Gasteiger partial charge in [-0.2, -0.15) is 0 Å². The van der Waals surface area contributed by atoms with Crippen LogP contribution in [0.4, 0.5) is 10.1 Å². The van der Waals surface area contributed by atoms with E-state index in [2.05, 4.69) is 5.32 Å². The molecule has 9 heteroatoms. The van der Waals surface area contributed by atoms with E-state index in [-0.39, 0.29) is 17.6 Å². The van der Waals surface area contributed by atoms with Crippen LogP contribution >= 0.6 is 0 Å². The molecular formula is C34H37FN2O6. The Morgan fingerprint density at radius 1 is 1.07 bits per heavy atom. The second kappa shape index (κ2) is 11.4. The maximum atomic E-state index is 15.6. The van der Waals surface area contributed by atoms with Gasteiger partial charge in [0.15, 0.2) is 17.7 Å². The minimum atomic E-state index is -1.33. The molecule has 2 aliphatic rings. The first-order chi connectivity index (χ1) is 20.3. The van der Waals surface area contributed by atoms with E-state index in [1.165, 1.54) is 13.1 Å². The molecular weight excluding hydrogens is 551 g/mol. The van der Waals surface area contributed by atoms with Crippen LogP contribution in [0.5, 0.6) is 5.75 Å². The molecule has 0 spiro atoms. The highest BCUT2D eigenvalue weighted by molar-refractivity contribution is 6.09. The maximum absolute atomic E-state index is 15.6. The largest absolute Gasteiger partial charge is 0.490 e. The standard InChI is InChI=1S/C34H37FN2O6/c1-18-15-26-23(12-13-37(26)32(39)21-10-7-9-20(16-21)31(38)36-6)28(27(18)30(33(40)41)43-34(3,4)5)24-17-25(35)29-22(19(24)2)11-8-14-42-29/h7,9-10,15-17,30H,8,11-14H2,1-6H3,(H,36,38)(H,40,41). The Kier molecular flexibility index (Phi) is 8.05. The first-order valence-electron chi connectivity index (χ1n) is 14.5. The highest BCUT2D eigenvalue weighted by Crippen LogP contribution is 2.47. The van der Waals surface area contributed by atoms with Crippen LogP contribution in [0.1, 0.15) is 81.8 Å². The Bertz CT molecular complexity index is 1640. The second-order valence-corrected chi connectivity index (χ2v) is 12.1. The van der Waals surface area contributed by atoms with Gasteiger partial charge in [0.05, 0.1) is 12.2 Å². The van der Waals surface area contributed by atoms with Crippen molar-refractivity contribution < 1.29 is 33.4 Å². The van der Waals surface area contributed by atoms with Crippen molar-refractivity contribution in [1.82, 2.24) is 5.32 Å². The molecule has 1 unspecified atom stereocenters. The summed E-state index contributed by atoms with van der Waals surface area (Å²) in [6.07, 6.45) is 0.485. The van der Waals surface area contributed by atoms with Crippen molar-refractivity contribution in [2.45, 2.75) is 65.6 Å². The van der Waals surface area contributed by atoms with Gasteiger partial charge in [-0.25, -0.2) is 9.18 Å². The van der Waals surface area contributed by atoms with E-state index >= 15 is 4.39 Å². The number of nitrogens with zero attached hydrogens (tertiary/aromatic N) is 1. The van der Waals surface area contributed by atoms with Gasteiger partial charge in [-0.15, -0.1) is 0 Å². The number of amides is 2. The van der Waals surface area contributed by atoms with Crippen LogP contribution < -0.4 is 15.0 Å². The molecule has 3 aromatic rings. The molecule has 2 amide bonds. The summed E-state index contributed by atoms with van der Waals surface area (Å²) < 4.78 is 27.4. The van der Waals surface area contributed by atoms with Crippen LogP contribution in [-0.4, -0.2) is 48.7 Å². The molecule has 0 bridgehead atoms. The third-order valence-electron chi connectivity index (χ3n) is 8.04. The maximum Gasteiger partial charge on any atom is 0.337 e. The number of fused-ring (bicyclic) bond motifs is 2. The summed E-state index contributed by atoms with van der Waals surface area (Å²) in [5, 5.41) is 13.0. The fraction of sp³-hybridized carbons (Fsp3) is 0.382. The molecule has 43 heavy (non-hydrogen) atoms. The van der Waals surface area contributed by atoms with E-state index in [4.69, 9.17) is 9.47 Å². The van der Waals surface area contributed by atoms with Gasteiger partial charge in [-0.3, -0.25) is 9.59 Å². The van der Waals surface area contributed by atoms with Gasteiger partial charge < -0.3 is 24.8 Å². The number of carbonyl (C=O) groups excluding carboxylic acids is 2. The van der Waals surface area contributed by atoms with Gasteiger partial charge in [0.25, 0.3) is 11.8 Å². The molecule has 0 radical (unpaired) electrons. The summed E-state index contributed by atoms with van der Waals surface area (Å²) in [6.45, 7) is 9.85. The number of anilines is 1. The van der Waals surface area contributed by atoms with Crippen molar-refractivity contribution in [2.75, 3.05) is 25.1 Å². The summed E-state index contributed by atoms with van der Waals surface area (Å²) in [4.78, 5) is 40.5. The summed E-state index contributed by atoms with van der Waals surface area (Å²) in [5.41, 5.74) is 5.08. The Balaban J connectivity index is 1.74. The molecule has 1 atom stereocenters. The molecule has 0 saturated heterocycles. The number of carboxylic acids is 1. The number of carbonyl (C=O) groups is 3. The van der Waals surface area contributed by atoms with Crippen molar-refractivity contribution in [3.05, 3.63) is 81.2 Å². The van der Waals surface area contributed by atoms with Crippen LogP contribution in [0.15, 0.2) is 36.4 Å². The molecule has 5 rings (SSSR count). The number of ether oxygens (including phenoxy) is 2. The van der Waals surface area contributed by atoms with Crippen LogP contribution in [-0.2, 0) is 22.4 Å². The molecule has 2 N–H and O–H groups in total. The topological polar surface area (TPSA) is 105 Å². The number of hydrogen-bond donors (Lipinski definition) is 2. The highest BCUT2D eigenvalue weighted by Gasteiger charge is 2.37. The van der Waals surface area contributed by atoms with Gasteiger partial charge >= 0.3 is 5.97 Å². The molecule has 226 valence electrons. The van der Waals surface area contributed by atoms with Crippen LogP contribution in [0.25, 0.3) is 11.1 Å². The first-order valence-corrected chi connectivity index (χ1v) is 14.5. The third kappa shape index (κ3) is 5.61. The van der Waals surface area contributed by atoms with Gasteiger partial charge in [0.2, 0.25) is 0 Å². The Morgan fingerprint density at radius 3 is 2.47 bits per heavy atom. The van der Waals surface area contributed by atoms with Crippen LogP contribution in [0.3, 0.4) is 0 Å². The number of carboxylic acid groups (broad SMARTS) is 1. The average Bonchev–Trinajstić information content (AvgIpc) is 3.39. The summed E-state index contributed by atoms with van der Waals surface area (Å²) in [7, 11) is 1.53. The molecule has 2 aliphatic heterocycles. The first kappa shape index (κ1) is 30.2. The lowest BCUT2D eigenvalue weighted by Crippen LogP contribution is -2.30. The van der Waals surface area contributed by atoms with Crippen molar-refractivity contribution >= 4 is 23.5 Å². The number of nitrogens with one attached hydrogen (secondary N) is 1. The average molecular weight is 589 g/mol. The molecule has 0 aliphatic carbocycles. The molecule has 8 nitrogen and oxygen atoms in total. The zero-order chi connectivity index (χ0) is 31.2. The molecule has 3 aromatic carbocycles. The molecule has 0 aromatic heterocycles. The van der Waals surface area contributed by atoms with Crippen molar-refractivity contribution in [3.8, 4) is 16.9 Å². The summed E-state index contributed by atoms with van der Waals surface area (Å²) in [5.74, 6) is -2.00. The number of halogens is 1. The summed E-state index contributed by atoms with van der Waals surface area (Å²) in [6, 6.07) is 9.76. The Morgan fingerprint density at radius 2 is 1.79 bits per heavy atom. The lowest BCUT2D eigenvalue weighted by atomic mass is 9.83. The normalized spacial score (nSPS) is 14.9. The van der Waals surface area contributed by atoms with E-state index in [0.29, 0.717) is 65.1 Å². The fourth-order valence-corrected chi connectivity index (χ4v) is 6.15. The lowest BCUT2D eigenvalue weighted by molar-refractivity contribution is -0.160. The number of benzene rings is 3. The quantitative estimate of drug-likeness (QED) is 0.370. The number of hydrogen-bond acceptors (Lipinski definition) is 5. The number of aliphatic carboxylic acids is 1. The van der Waals surface area contributed by atoms with E-state index in [1.54, 1.807) is 56.9 Å². The zero-order valence-corrected chi connectivity index (χ0v) is 25.4. The smallest absolute Gasteiger partial charge is 0.337 e. The fourth-order valence-electron chi connectivity index (χ4n) is 6.15. The van der Waals surface area contributed by atoms with Gasteiger partial charge in [-0.05, 0) is 112 Å². The third-order valence-corrected chi connectivity index (χ3v) is 8.04. The van der Waals surface area contributed by atoms with Gasteiger partial charge in [0.1, 0.15) is 0 Å². The predicted octanol–water partition coefficient (Wildman–Crippen LogP) is 5.94. The predicted molar refractivity (Wildman–Crippen MR) is 162 cm³/mol. The van der Waals surface area contributed by atoms with Gasteiger partial charge in [-0.1, -0.05) is 6.07 Å². The van der Waals surface area contributed by atoms with Crippen molar-refractivity contribution in [1.29, 1.82) is 0 Å². The lowest BCUT2D eigenvalue weighted by Gasteiger charge is -2.30. The molecule has 0 saturated carbocycles. The zero-order valence-electron chi connectivity index (χ0n) is 25.4. The minimum absolute atomic E-state index is 0.242. The van der Waals surface area contributed by atoms with Crippen molar-refractivity contribution in [3.63, 3.8) is 0 Å². The number of rotatable bonds is 6. The monoisotopic (exact) mass is 588 g/mol. The molecule has 0 fully saturated rings. The van der Waals surface area contributed by atoms with E-state index < -0.39 is 23.5 Å². The minimum Gasteiger partial charge on any atom is -0.490 e. The SMILES string of the molecule is CNC(=O)c1cccc(C(=O)N2CCc3c2cc(C)c(C(OC(C)(C)C)C(=O)O)c3-c2cc(F)c3c(c2C)CCCO3)c1. The highest BCUT2D eigenvalue weighted by atomic mass is 19.1. The summed E-state index contributed by atoms with van der Waals surface area (Å²) >= 11 is 0. The van der Waals surface area contributed by atoms with Crippen molar-refractivity contribution in [2.24, 2.45) is 0 Å². The van der Waals surface area contributed by atoms with Gasteiger partial charge in [0, 0.05) is 41.5 Å². The second-order valence-electron chi connectivity index (χ2n) is 12.1.